The lowest BCUT2D eigenvalue weighted by atomic mass is 10.0. The SMILES string of the molecule is C=C\C(C)=C/C(=C\C)C(/C)=C/C=c1/[nH]nc(-c2cc3c(-c4ccc(F)s4)cccc3[nH]2)c1=C. The maximum Gasteiger partial charge on any atom is 0.176 e. The van der Waals surface area contributed by atoms with Crippen LogP contribution in [0.25, 0.3) is 45.4 Å². The quantitative estimate of drug-likeness (QED) is 0.315. The predicted octanol–water partition coefficient (Wildman–Crippen LogP) is 6.64. The summed E-state index contributed by atoms with van der Waals surface area (Å²) in [6.45, 7) is 14.2. The highest BCUT2D eigenvalue weighted by Crippen LogP contribution is 2.34. The smallest absolute Gasteiger partial charge is 0.176 e. The van der Waals surface area contributed by atoms with Gasteiger partial charge in [-0.2, -0.15) is 9.49 Å². The largest absolute Gasteiger partial charge is 0.353 e. The standard InChI is InChI=1S/C28H26FN3S/c1-6-17(3)15-20(7-2)18(4)11-12-23-19(5)28(32-31-23)25-16-22-21(9-8-10-24(22)30-25)26-13-14-27(29)33-26/h6-16,30-31H,1,5H2,2-4H3/b17-15-,18-11+,20-7+,23-12+. The highest BCUT2D eigenvalue weighted by Gasteiger charge is 2.12. The van der Waals surface area contributed by atoms with Crippen LogP contribution in [0.1, 0.15) is 20.8 Å². The fourth-order valence-corrected chi connectivity index (χ4v) is 4.50. The summed E-state index contributed by atoms with van der Waals surface area (Å²) in [7, 11) is 0. The number of benzene rings is 1. The van der Waals surface area contributed by atoms with Crippen LogP contribution in [0.3, 0.4) is 0 Å². The summed E-state index contributed by atoms with van der Waals surface area (Å²) in [5.74, 6) is 0. The summed E-state index contributed by atoms with van der Waals surface area (Å²) in [6, 6.07) is 11.4. The van der Waals surface area contributed by atoms with Crippen LogP contribution in [0, 0.1) is 5.13 Å². The van der Waals surface area contributed by atoms with Gasteiger partial charge in [-0.25, -0.2) is 0 Å². The number of thiophene rings is 1. The topological polar surface area (TPSA) is 44.5 Å². The maximum atomic E-state index is 13.6. The third-order valence-electron chi connectivity index (χ3n) is 5.63. The third kappa shape index (κ3) is 4.59. The zero-order chi connectivity index (χ0) is 23.5. The molecule has 0 atom stereocenters. The van der Waals surface area contributed by atoms with Gasteiger partial charge in [0, 0.05) is 26.6 Å². The van der Waals surface area contributed by atoms with Gasteiger partial charge in [0.1, 0.15) is 5.69 Å². The van der Waals surface area contributed by atoms with Crippen LogP contribution in [-0.2, 0) is 0 Å². The van der Waals surface area contributed by atoms with E-state index in [4.69, 9.17) is 0 Å². The minimum atomic E-state index is -0.190. The van der Waals surface area contributed by atoms with E-state index in [1.807, 2.05) is 50.3 Å². The van der Waals surface area contributed by atoms with Gasteiger partial charge in [-0.1, -0.05) is 55.2 Å². The van der Waals surface area contributed by atoms with Crippen molar-refractivity contribution in [2.24, 2.45) is 0 Å². The molecule has 4 aromatic rings. The Morgan fingerprint density at radius 3 is 2.70 bits per heavy atom. The van der Waals surface area contributed by atoms with Crippen LogP contribution in [-0.4, -0.2) is 15.2 Å². The zero-order valence-corrected chi connectivity index (χ0v) is 19.8. The van der Waals surface area contributed by atoms with Gasteiger partial charge in [0.25, 0.3) is 0 Å². The number of aromatic amines is 2. The van der Waals surface area contributed by atoms with Crippen molar-refractivity contribution in [2.45, 2.75) is 20.8 Å². The second-order valence-electron chi connectivity index (χ2n) is 7.87. The molecule has 0 aliphatic rings. The molecule has 1 aromatic carbocycles. The average Bonchev–Trinajstić information content (AvgIpc) is 3.53. The van der Waals surface area contributed by atoms with Crippen molar-refractivity contribution in [1.29, 1.82) is 0 Å². The minimum absolute atomic E-state index is 0.190. The number of hydrogen-bond donors (Lipinski definition) is 2. The maximum absolute atomic E-state index is 13.6. The molecule has 33 heavy (non-hydrogen) atoms. The van der Waals surface area contributed by atoms with Crippen LogP contribution in [0.15, 0.2) is 84.0 Å². The first-order valence-electron chi connectivity index (χ1n) is 10.7. The van der Waals surface area contributed by atoms with Crippen molar-refractivity contribution in [2.75, 3.05) is 0 Å². The number of halogens is 1. The fourth-order valence-electron chi connectivity index (χ4n) is 3.73. The molecule has 0 aliphatic carbocycles. The Balaban J connectivity index is 1.72. The van der Waals surface area contributed by atoms with E-state index in [0.717, 1.165) is 71.4 Å². The van der Waals surface area contributed by atoms with Gasteiger partial charge in [0.2, 0.25) is 0 Å². The Kier molecular flexibility index (Phi) is 6.43. The number of nitrogens with one attached hydrogen (secondary N) is 2. The number of H-pyrrole nitrogens is 2. The van der Waals surface area contributed by atoms with Crippen molar-refractivity contribution in [3.63, 3.8) is 0 Å². The van der Waals surface area contributed by atoms with Crippen molar-refractivity contribution in [1.82, 2.24) is 15.2 Å². The first kappa shape index (κ1) is 22.5. The van der Waals surface area contributed by atoms with Crippen LogP contribution in [0.4, 0.5) is 4.39 Å². The number of hydrogen-bond acceptors (Lipinski definition) is 2. The van der Waals surface area contributed by atoms with Crippen LogP contribution in [0.2, 0.25) is 0 Å². The molecule has 0 unspecified atom stereocenters. The molecule has 5 heteroatoms. The summed E-state index contributed by atoms with van der Waals surface area (Å²) >= 11 is 1.15. The molecule has 0 spiro atoms. The highest BCUT2D eigenvalue weighted by molar-refractivity contribution is 7.14. The fraction of sp³-hybridized carbons (Fsp3) is 0.107. The Morgan fingerprint density at radius 2 is 2.00 bits per heavy atom. The number of allylic oxidation sites excluding steroid dienone is 7. The van der Waals surface area contributed by atoms with Crippen molar-refractivity contribution >= 4 is 34.9 Å². The Morgan fingerprint density at radius 1 is 1.18 bits per heavy atom. The van der Waals surface area contributed by atoms with E-state index >= 15 is 0 Å². The molecule has 0 aliphatic heterocycles. The molecule has 0 saturated carbocycles. The van der Waals surface area contributed by atoms with Crippen molar-refractivity contribution in [3.05, 3.63) is 99.7 Å². The summed E-state index contributed by atoms with van der Waals surface area (Å²) in [6.07, 6.45) is 10.1. The Bertz CT molecular complexity index is 1540. The minimum Gasteiger partial charge on any atom is -0.353 e. The molecule has 2 N–H and O–H groups in total. The lowest BCUT2D eigenvalue weighted by Gasteiger charge is -2.02. The van der Waals surface area contributed by atoms with Gasteiger partial charge in [0.05, 0.1) is 11.0 Å². The van der Waals surface area contributed by atoms with Gasteiger partial charge in [0.15, 0.2) is 5.13 Å². The third-order valence-corrected chi connectivity index (χ3v) is 6.54. The monoisotopic (exact) mass is 455 g/mol. The molecule has 0 radical (unpaired) electrons. The highest BCUT2D eigenvalue weighted by atomic mass is 32.1. The second kappa shape index (κ2) is 9.43. The Hall–Kier alpha value is -3.70. The van der Waals surface area contributed by atoms with E-state index in [1.165, 1.54) is 6.07 Å². The number of rotatable bonds is 6. The molecule has 0 amide bonds. The van der Waals surface area contributed by atoms with E-state index in [9.17, 15) is 4.39 Å². The first-order valence-corrected chi connectivity index (χ1v) is 11.5. The second-order valence-corrected chi connectivity index (χ2v) is 8.90. The predicted molar refractivity (Wildman–Crippen MR) is 140 cm³/mol. The molecular weight excluding hydrogens is 429 g/mol. The van der Waals surface area contributed by atoms with Crippen LogP contribution < -0.4 is 10.6 Å². The number of aromatic nitrogens is 3. The number of fused-ring (bicyclic) bond motifs is 1. The molecule has 0 saturated heterocycles. The molecule has 3 heterocycles. The zero-order valence-electron chi connectivity index (χ0n) is 19.0. The van der Waals surface area contributed by atoms with Crippen LogP contribution in [0.5, 0.6) is 0 Å². The average molecular weight is 456 g/mol. The van der Waals surface area contributed by atoms with Gasteiger partial charge in [-0.05, 0) is 62.3 Å². The summed E-state index contributed by atoms with van der Waals surface area (Å²) in [5, 5.41) is 10.1. The lowest BCUT2D eigenvalue weighted by molar-refractivity contribution is 0.657. The number of nitrogens with zero attached hydrogens (tertiary/aromatic N) is 1. The normalized spacial score (nSPS) is 13.8. The van der Waals surface area contributed by atoms with E-state index in [1.54, 1.807) is 0 Å². The van der Waals surface area contributed by atoms with Gasteiger partial charge in [-0.15, -0.1) is 11.3 Å². The van der Waals surface area contributed by atoms with E-state index in [2.05, 4.69) is 59.6 Å². The van der Waals surface area contributed by atoms with E-state index in [0.29, 0.717) is 0 Å². The first-order chi connectivity index (χ1) is 15.9. The molecule has 166 valence electrons. The molecule has 4 rings (SSSR count). The summed E-state index contributed by atoms with van der Waals surface area (Å²) in [4.78, 5) is 4.33. The van der Waals surface area contributed by atoms with Gasteiger partial charge >= 0.3 is 0 Å². The van der Waals surface area contributed by atoms with E-state index in [-0.39, 0.29) is 5.13 Å². The molecular formula is C28H26FN3S. The van der Waals surface area contributed by atoms with Gasteiger partial charge in [-0.3, -0.25) is 5.10 Å². The molecule has 0 fully saturated rings. The Labute approximate surface area is 196 Å². The van der Waals surface area contributed by atoms with Gasteiger partial charge < -0.3 is 4.98 Å². The summed E-state index contributed by atoms with van der Waals surface area (Å²) < 4.78 is 13.6. The van der Waals surface area contributed by atoms with Crippen LogP contribution >= 0.6 is 11.3 Å². The van der Waals surface area contributed by atoms with Crippen molar-refractivity contribution in [3.8, 4) is 21.8 Å². The van der Waals surface area contributed by atoms with E-state index < -0.39 is 0 Å². The molecule has 3 nitrogen and oxygen atoms in total. The lowest BCUT2D eigenvalue weighted by Crippen LogP contribution is -2.21. The van der Waals surface area contributed by atoms with Crippen molar-refractivity contribution < 1.29 is 4.39 Å². The molecule has 3 aromatic heterocycles. The summed E-state index contributed by atoms with van der Waals surface area (Å²) in [5.41, 5.74) is 6.99. The molecule has 0 bridgehead atoms.